The molecular formula is C17H20N6O. The van der Waals surface area contributed by atoms with Crippen molar-refractivity contribution < 1.29 is 4.79 Å². The van der Waals surface area contributed by atoms with Gasteiger partial charge in [-0.15, -0.1) is 0 Å². The number of aromatic amines is 1. The number of likely N-dealkylation sites (tertiary alicyclic amines) is 1. The number of anilines is 1. The van der Waals surface area contributed by atoms with Gasteiger partial charge in [0.1, 0.15) is 24.2 Å². The first-order valence-corrected chi connectivity index (χ1v) is 8.36. The topological polar surface area (TPSA) is 88.9 Å². The van der Waals surface area contributed by atoms with E-state index in [1.54, 1.807) is 6.33 Å². The molecule has 124 valence electrons. The van der Waals surface area contributed by atoms with Crippen LogP contribution in [0.3, 0.4) is 0 Å². The second-order valence-corrected chi connectivity index (χ2v) is 6.81. The Morgan fingerprint density at radius 3 is 3.21 bits per heavy atom. The van der Waals surface area contributed by atoms with Crippen molar-refractivity contribution in [1.82, 2.24) is 19.9 Å². The van der Waals surface area contributed by atoms with E-state index in [2.05, 4.69) is 26.8 Å². The highest BCUT2D eigenvalue weighted by Gasteiger charge is 2.54. The molecule has 0 radical (unpaired) electrons. The Hall–Kier alpha value is -2.62. The van der Waals surface area contributed by atoms with Gasteiger partial charge in [0.05, 0.1) is 17.0 Å². The van der Waals surface area contributed by atoms with Gasteiger partial charge in [-0.05, 0) is 24.8 Å². The van der Waals surface area contributed by atoms with E-state index in [-0.39, 0.29) is 17.9 Å². The lowest BCUT2D eigenvalue weighted by molar-refractivity contribution is -0.156. The van der Waals surface area contributed by atoms with Gasteiger partial charge in [-0.2, -0.15) is 5.26 Å². The van der Waals surface area contributed by atoms with Gasteiger partial charge in [0, 0.05) is 25.8 Å². The molecule has 2 atom stereocenters. The average molecular weight is 324 g/mol. The van der Waals surface area contributed by atoms with Crippen LogP contribution >= 0.6 is 0 Å². The molecule has 2 aromatic heterocycles. The van der Waals surface area contributed by atoms with Crippen LogP contribution in [-0.4, -0.2) is 50.9 Å². The first kappa shape index (κ1) is 14.9. The summed E-state index contributed by atoms with van der Waals surface area (Å²) >= 11 is 0. The van der Waals surface area contributed by atoms with Gasteiger partial charge < -0.3 is 14.8 Å². The lowest BCUT2D eigenvalue weighted by Crippen LogP contribution is -2.73. The molecule has 2 fully saturated rings. The minimum Gasteiger partial charge on any atom is -0.354 e. The predicted octanol–water partition coefficient (Wildman–Crippen LogP) is 1.69. The van der Waals surface area contributed by atoms with Crippen LogP contribution in [0.25, 0.3) is 11.0 Å². The molecule has 0 bridgehead atoms. The summed E-state index contributed by atoms with van der Waals surface area (Å²) in [4.78, 5) is 28.4. The Kier molecular flexibility index (Phi) is 3.41. The number of rotatable bonds is 2. The molecule has 4 rings (SSSR count). The number of fused-ring (bicyclic) bond motifs is 1. The van der Waals surface area contributed by atoms with E-state index in [0.717, 1.165) is 49.3 Å². The van der Waals surface area contributed by atoms with Crippen molar-refractivity contribution in [3.05, 3.63) is 18.6 Å². The zero-order valence-electron chi connectivity index (χ0n) is 13.7. The minimum absolute atomic E-state index is 0.0377. The van der Waals surface area contributed by atoms with E-state index in [1.165, 1.54) is 0 Å². The number of nitriles is 1. The summed E-state index contributed by atoms with van der Waals surface area (Å²) in [6, 6.07) is 3.98. The molecule has 1 spiro atoms. The van der Waals surface area contributed by atoms with Crippen molar-refractivity contribution >= 4 is 22.8 Å². The number of nitrogens with zero attached hydrogens (tertiary/aromatic N) is 5. The summed E-state index contributed by atoms with van der Waals surface area (Å²) in [5, 5.41) is 9.86. The van der Waals surface area contributed by atoms with Crippen LogP contribution in [0.1, 0.15) is 26.2 Å². The monoisotopic (exact) mass is 324 g/mol. The fourth-order valence-electron chi connectivity index (χ4n) is 4.27. The van der Waals surface area contributed by atoms with Crippen molar-refractivity contribution in [1.29, 1.82) is 5.26 Å². The number of nitrogens with one attached hydrogen (secondary N) is 1. The molecule has 7 heteroatoms. The van der Waals surface area contributed by atoms with Crippen LogP contribution in [0.5, 0.6) is 0 Å². The molecule has 2 saturated heterocycles. The van der Waals surface area contributed by atoms with Crippen LogP contribution in [-0.2, 0) is 4.79 Å². The number of hydrogen-bond acceptors (Lipinski definition) is 5. The Morgan fingerprint density at radius 1 is 1.54 bits per heavy atom. The lowest BCUT2D eigenvalue weighted by atomic mass is 9.69. The van der Waals surface area contributed by atoms with Gasteiger partial charge in [0.2, 0.25) is 5.91 Å². The van der Waals surface area contributed by atoms with E-state index >= 15 is 0 Å². The highest BCUT2D eigenvalue weighted by Crippen LogP contribution is 2.44. The summed E-state index contributed by atoms with van der Waals surface area (Å²) in [6.07, 6.45) is 5.42. The summed E-state index contributed by atoms with van der Waals surface area (Å²) < 4.78 is 0. The summed E-state index contributed by atoms with van der Waals surface area (Å²) in [5.41, 5.74) is 0.665. The van der Waals surface area contributed by atoms with Gasteiger partial charge in [-0.1, -0.05) is 6.92 Å². The van der Waals surface area contributed by atoms with Crippen molar-refractivity contribution in [2.75, 3.05) is 24.5 Å². The predicted molar refractivity (Wildman–Crippen MR) is 89.2 cm³/mol. The number of piperidine rings is 1. The molecule has 24 heavy (non-hydrogen) atoms. The maximum atomic E-state index is 12.3. The normalized spacial score (nSPS) is 26.4. The summed E-state index contributed by atoms with van der Waals surface area (Å²) in [7, 11) is 0. The highest BCUT2D eigenvalue weighted by atomic mass is 16.2. The molecule has 1 unspecified atom stereocenters. The van der Waals surface area contributed by atoms with Crippen LogP contribution < -0.4 is 4.90 Å². The van der Waals surface area contributed by atoms with E-state index < -0.39 is 0 Å². The Bertz CT molecular complexity index is 824. The number of H-pyrrole nitrogens is 1. The maximum Gasteiger partial charge on any atom is 0.237 e. The Morgan fingerprint density at radius 2 is 2.42 bits per heavy atom. The molecule has 2 aromatic rings. The molecular weight excluding hydrogens is 304 g/mol. The van der Waals surface area contributed by atoms with Gasteiger partial charge in [-0.3, -0.25) is 4.79 Å². The molecule has 7 nitrogen and oxygen atoms in total. The minimum atomic E-state index is -0.167. The van der Waals surface area contributed by atoms with E-state index in [0.29, 0.717) is 5.92 Å². The Labute approximate surface area is 140 Å². The maximum absolute atomic E-state index is 12.3. The highest BCUT2D eigenvalue weighted by molar-refractivity contribution is 5.87. The fourth-order valence-corrected chi connectivity index (χ4v) is 4.27. The van der Waals surface area contributed by atoms with Gasteiger partial charge >= 0.3 is 0 Å². The Balaban J connectivity index is 1.65. The number of amides is 1. The second kappa shape index (κ2) is 5.48. The lowest BCUT2D eigenvalue weighted by Gasteiger charge is -2.61. The molecule has 0 saturated carbocycles. The molecule has 1 N–H and O–H groups in total. The van der Waals surface area contributed by atoms with Crippen molar-refractivity contribution in [3.63, 3.8) is 0 Å². The van der Waals surface area contributed by atoms with Crippen LogP contribution in [0.2, 0.25) is 0 Å². The van der Waals surface area contributed by atoms with Crippen molar-refractivity contribution in [2.24, 2.45) is 5.92 Å². The standard InChI is InChI=1S/C17H20N6O/c1-12-9-23(14(24)3-6-18)17(12)5-2-8-22(10-17)16-13-4-7-19-15(13)20-11-21-16/h4,7,11-12H,2-3,5,8-10H2,1H3,(H,19,20,21)/t12?,17-/m1/s1. The van der Waals surface area contributed by atoms with Crippen LogP contribution in [0, 0.1) is 17.2 Å². The van der Waals surface area contributed by atoms with E-state index in [9.17, 15) is 4.79 Å². The second-order valence-electron chi connectivity index (χ2n) is 6.81. The number of aromatic nitrogens is 3. The summed E-state index contributed by atoms with van der Waals surface area (Å²) in [6.45, 7) is 4.64. The third-order valence-corrected chi connectivity index (χ3v) is 5.58. The van der Waals surface area contributed by atoms with E-state index in [4.69, 9.17) is 5.26 Å². The molecule has 2 aliphatic heterocycles. The molecule has 0 aromatic carbocycles. The van der Waals surface area contributed by atoms with Gasteiger partial charge in [0.15, 0.2) is 0 Å². The third kappa shape index (κ3) is 2.06. The fraction of sp³-hybridized carbons (Fsp3) is 0.529. The average Bonchev–Trinajstić information content (AvgIpc) is 3.08. The molecule has 1 amide bonds. The molecule has 2 aliphatic rings. The third-order valence-electron chi connectivity index (χ3n) is 5.58. The number of hydrogen-bond donors (Lipinski definition) is 1. The molecule has 0 aliphatic carbocycles. The number of carbonyl (C=O) groups is 1. The van der Waals surface area contributed by atoms with Crippen molar-refractivity contribution in [2.45, 2.75) is 31.7 Å². The SMILES string of the molecule is CC1CN(C(=O)CC#N)[C@@]12CCCN(c1ncnc3[nH]ccc13)C2. The molecule has 4 heterocycles. The van der Waals surface area contributed by atoms with Crippen LogP contribution in [0.4, 0.5) is 5.82 Å². The van der Waals surface area contributed by atoms with Crippen molar-refractivity contribution in [3.8, 4) is 6.07 Å². The largest absolute Gasteiger partial charge is 0.354 e. The van der Waals surface area contributed by atoms with Gasteiger partial charge in [-0.25, -0.2) is 9.97 Å². The zero-order chi connectivity index (χ0) is 16.7. The quantitative estimate of drug-likeness (QED) is 0.908. The first-order valence-electron chi connectivity index (χ1n) is 8.36. The number of carbonyl (C=O) groups excluding carboxylic acids is 1. The first-order chi connectivity index (χ1) is 11.7. The zero-order valence-corrected chi connectivity index (χ0v) is 13.7. The van der Waals surface area contributed by atoms with Crippen LogP contribution in [0.15, 0.2) is 18.6 Å². The van der Waals surface area contributed by atoms with Gasteiger partial charge in [0.25, 0.3) is 0 Å². The smallest absolute Gasteiger partial charge is 0.237 e. The van der Waals surface area contributed by atoms with E-state index in [1.807, 2.05) is 23.2 Å². The summed E-state index contributed by atoms with van der Waals surface area (Å²) in [5.74, 6) is 1.31.